The molecule has 0 aliphatic carbocycles. The van der Waals surface area contributed by atoms with Crippen molar-refractivity contribution in [2.75, 3.05) is 7.05 Å². The van der Waals surface area contributed by atoms with Crippen LogP contribution in [0.4, 0.5) is 0 Å². The molecule has 0 aliphatic heterocycles. The molecule has 0 aromatic heterocycles. The van der Waals surface area contributed by atoms with E-state index in [0.29, 0.717) is 12.1 Å². The molecule has 0 spiro atoms. The van der Waals surface area contributed by atoms with Crippen LogP contribution in [0.3, 0.4) is 0 Å². The largest absolute Gasteiger partial charge is 0.337 e. The van der Waals surface area contributed by atoms with Gasteiger partial charge in [-0.2, -0.15) is 0 Å². The second-order valence-corrected chi connectivity index (χ2v) is 6.82. The maximum absolute atomic E-state index is 12.5. The minimum Gasteiger partial charge on any atom is -0.337 e. The molecule has 110 valence electrons. The van der Waals surface area contributed by atoms with Crippen molar-refractivity contribution >= 4 is 37.8 Å². The lowest BCUT2D eigenvalue weighted by molar-refractivity contribution is 0.0785. The van der Waals surface area contributed by atoms with E-state index in [4.69, 9.17) is 0 Å². The Morgan fingerprint density at radius 2 is 1.52 bits per heavy atom. The van der Waals surface area contributed by atoms with E-state index in [1.165, 1.54) is 5.56 Å². The molecule has 1 amide bonds. The Hall–Kier alpha value is -1.13. The molecular formula is C17H17Br2NO. The third-order valence-electron chi connectivity index (χ3n) is 3.31. The predicted octanol–water partition coefficient (Wildman–Crippen LogP) is 5.05. The van der Waals surface area contributed by atoms with E-state index in [-0.39, 0.29) is 5.91 Å². The number of rotatable bonds is 4. The summed E-state index contributed by atoms with van der Waals surface area (Å²) in [4.78, 5) is 14.2. The highest BCUT2D eigenvalue weighted by molar-refractivity contribution is 9.11. The molecule has 2 aromatic carbocycles. The van der Waals surface area contributed by atoms with Gasteiger partial charge < -0.3 is 4.90 Å². The highest BCUT2D eigenvalue weighted by Gasteiger charge is 2.13. The van der Waals surface area contributed by atoms with Gasteiger partial charge in [0.25, 0.3) is 5.91 Å². The van der Waals surface area contributed by atoms with Crippen molar-refractivity contribution in [3.05, 3.63) is 68.1 Å². The van der Waals surface area contributed by atoms with Crippen LogP contribution < -0.4 is 0 Å². The molecule has 0 heterocycles. The highest BCUT2D eigenvalue weighted by Crippen LogP contribution is 2.21. The molecule has 2 nitrogen and oxygen atoms in total. The maximum Gasteiger partial charge on any atom is 0.253 e. The van der Waals surface area contributed by atoms with Gasteiger partial charge in [0.1, 0.15) is 0 Å². The van der Waals surface area contributed by atoms with Gasteiger partial charge in [-0.15, -0.1) is 0 Å². The van der Waals surface area contributed by atoms with Gasteiger partial charge in [-0.1, -0.05) is 63.0 Å². The fourth-order valence-corrected chi connectivity index (χ4v) is 3.42. The Bertz CT molecular complexity index is 617. The molecule has 21 heavy (non-hydrogen) atoms. The zero-order valence-electron chi connectivity index (χ0n) is 12.1. The van der Waals surface area contributed by atoms with Crippen molar-refractivity contribution in [3.8, 4) is 0 Å². The number of aryl methyl sites for hydroxylation is 1. The van der Waals surface area contributed by atoms with Gasteiger partial charge in [-0.25, -0.2) is 0 Å². The third kappa shape index (κ3) is 4.42. The van der Waals surface area contributed by atoms with Gasteiger partial charge in [-0.05, 0) is 35.7 Å². The number of amides is 1. The van der Waals surface area contributed by atoms with E-state index >= 15 is 0 Å². The van der Waals surface area contributed by atoms with Crippen LogP contribution in [0, 0.1) is 0 Å². The molecule has 0 N–H and O–H groups in total. The van der Waals surface area contributed by atoms with Crippen molar-refractivity contribution in [3.63, 3.8) is 0 Å². The number of carbonyl (C=O) groups is 1. The maximum atomic E-state index is 12.5. The summed E-state index contributed by atoms with van der Waals surface area (Å²) < 4.78 is 1.78. The summed E-state index contributed by atoms with van der Waals surface area (Å²) in [5.41, 5.74) is 3.12. The summed E-state index contributed by atoms with van der Waals surface area (Å²) in [6.45, 7) is 2.74. The van der Waals surface area contributed by atoms with Crippen molar-refractivity contribution in [1.29, 1.82) is 0 Å². The normalized spacial score (nSPS) is 10.5. The van der Waals surface area contributed by atoms with Crippen LogP contribution in [0.25, 0.3) is 0 Å². The second-order valence-electron chi connectivity index (χ2n) is 4.99. The number of carbonyl (C=O) groups excluding carboxylic acids is 1. The number of nitrogens with zero attached hydrogens (tertiary/aromatic N) is 1. The topological polar surface area (TPSA) is 20.3 Å². The third-order valence-corrected chi connectivity index (χ3v) is 4.22. The fraction of sp³-hybridized carbons (Fsp3) is 0.235. The smallest absolute Gasteiger partial charge is 0.253 e. The quantitative estimate of drug-likeness (QED) is 0.690. The van der Waals surface area contributed by atoms with Crippen molar-refractivity contribution in [1.82, 2.24) is 4.90 Å². The Morgan fingerprint density at radius 3 is 2.05 bits per heavy atom. The lowest BCUT2D eigenvalue weighted by Crippen LogP contribution is -2.26. The molecule has 0 radical (unpaired) electrons. The van der Waals surface area contributed by atoms with Crippen LogP contribution in [0.5, 0.6) is 0 Å². The van der Waals surface area contributed by atoms with Crippen LogP contribution in [0.1, 0.15) is 28.4 Å². The van der Waals surface area contributed by atoms with Crippen LogP contribution in [-0.4, -0.2) is 17.9 Å². The Balaban J connectivity index is 2.11. The molecule has 0 aliphatic rings. The first kappa shape index (κ1) is 16.2. The molecular weight excluding hydrogens is 394 g/mol. The van der Waals surface area contributed by atoms with E-state index in [2.05, 4.69) is 63.0 Å². The van der Waals surface area contributed by atoms with Gasteiger partial charge >= 0.3 is 0 Å². The number of benzene rings is 2. The lowest BCUT2D eigenvalue weighted by atomic mass is 10.1. The first-order valence-electron chi connectivity index (χ1n) is 6.79. The summed E-state index contributed by atoms with van der Waals surface area (Å²) in [5, 5.41) is 0. The standard InChI is InChI=1S/C17H17Br2NO/c1-3-12-4-6-13(7-5-12)11-20(2)17(21)14-8-15(18)10-16(19)9-14/h4-10H,3,11H2,1-2H3. The Labute approximate surface area is 142 Å². The number of hydrogen-bond donors (Lipinski definition) is 0. The van der Waals surface area contributed by atoms with E-state index in [0.717, 1.165) is 20.9 Å². The highest BCUT2D eigenvalue weighted by atomic mass is 79.9. The van der Waals surface area contributed by atoms with Crippen LogP contribution in [-0.2, 0) is 13.0 Å². The molecule has 0 bridgehead atoms. The first-order valence-corrected chi connectivity index (χ1v) is 8.37. The molecule has 2 aromatic rings. The van der Waals surface area contributed by atoms with Gasteiger partial charge in [0, 0.05) is 28.1 Å². The van der Waals surface area contributed by atoms with E-state index < -0.39 is 0 Å². The van der Waals surface area contributed by atoms with E-state index in [1.807, 2.05) is 25.2 Å². The summed E-state index contributed by atoms with van der Waals surface area (Å²) in [6, 6.07) is 14.0. The molecule has 0 fully saturated rings. The predicted molar refractivity (Wildman–Crippen MR) is 93.5 cm³/mol. The summed E-state index contributed by atoms with van der Waals surface area (Å²) in [5.74, 6) is 0.0107. The Kier molecular flexibility index (Phi) is 5.59. The SMILES string of the molecule is CCc1ccc(CN(C)C(=O)c2cc(Br)cc(Br)c2)cc1. The second kappa shape index (κ2) is 7.23. The molecule has 0 unspecified atom stereocenters. The molecule has 2 rings (SSSR count). The van der Waals surface area contributed by atoms with Gasteiger partial charge in [0.15, 0.2) is 0 Å². The average Bonchev–Trinajstić information content (AvgIpc) is 2.46. The zero-order valence-corrected chi connectivity index (χ0v) is 15.2. The van der Waals surface area contributed by atoms with Gasteiger partial charge in [0.05, 0.1) is 0 Å². The Morgan fingerprint density at radius 1 is 1.00 bits per heavy atom. The molecule has 0 atom stereocenters. The zero-order chi connectivity index (χ0) is 15.4. The lowest BCUT2D eigenvalue weighted by Gasteiger charge is -2.18. The van der Waals surface area contributed by atoms with Crippen LogP contribution in [0.2, 0.25) is 0 Å². The molecule has 0 saturated carbocycles. The molecule has 0 saturated heterocycles. The number of hydrogen-bond acceptors (Lipinski definition) is 1. The first-order chi connectivity index (χ1) is 9.99. The van der Waals surface area contributed by atoms with Crippen molar-refractivity contribution in [2.45, 2.75) is 19.9 Å². The molecule has 4 heteroatoms. The van der Waals surface area contributed by atoms with Gasteiger partial charge in [-0.3, -0.25) is 4.79 Å². The average molecular weight is 411 g/mol. The van der Waals surface area contributed by atoms with E-state index in [1.54, 1.807) is 4.90 Å². The minimum absolute atomic E-state index is 0.0107. The minimum atomic E-state index is 0.0107. The monoisotopic (exact) mass is 409 g/mol. The van der Waals surface area contributed by atoms with Gasteiger partial charge in [0.2, 0.25) is 0 Å². The van der Waals surface area contributed by atoms with Crippen molar-refractivity contribution in [2.24, 2.45) is 0 Å². The van der Waals surface area contributed by atoms with E-state index in [9.17, 15) is 4.79 Å². The van der Waals surface area contributed by atoms with Crippen LogP contribution in [0.15, 0.2) is 51.4 Å². The fourth-order valence-electron chi connectivity index (χ4n) is 2.12. The summed E-state index contributed by atoms with van der Waals surface area (Å²) >= 11 is 6.82. The van der Waals surface area contributed by atoms with Crippen LogP contribution >= 0.6 is 31.9 Å². The van der Waals surface area contributed by atoms with Crippen molar-refractivity contribution < 1.29 is 4.79 Å². The summed E-state index contributed by atoms with van der Waals surface area (Å²) in [7, 11) is 1.82. The summed E-state index contributed by atoms with van der Waals surface area (Å²) in [6.07, 6.45) is 1.03. The number of halogens is 2.